The predicted molar refractivity (Wildman–Crippen MR) is 119 cm³/mol. The molecule has 0 saturated carbocycles. The molecule has 0 spiro atoms. The molecule has 0 heterocycles. The molecule has 170 valence electrons. The van der Waals surface area contributed by atoms with Crippen molar-refractivity contribution in [2.75, 3.05) is 0 Å². The van der Waals surface area contributed by atoms with Crippen LogP contribution in [0, 0.1) is 13.8 Å². The molecule has 0 bridgehead atoms. The molecule has 0 fully saturated rings. The van der Waals surface area contributed by atoms with Gasteiger partial charge in [-0.15, -0.1) is 0 Å². The minimum absolute atomic E-state index is 0.0376. The minimum Gasteiger partial charge on any atom is -0.423 e. The first-order chi connectivity index (χ1) is 15.1. The van der Waals surface area contributed by atoms with Gasteiger partial charge in [0.05, 0.1) is 0 Å². The summed E-state index contributed by atoms with van der Waals surface area (Å²) in [5.74, 6) is -1.01. The van der Waals surface area contributed by atoms with Crippen molar-refractivity contribution in [3.63, 3.8) is 0 Å². The van der Waals surface area contributed by atoms with Crippen LogP contribution in [0.3, 0.4) is 0 Å². The second kappa shape index (κ2) is 11.8. The summed E-state index contributed by atoms with van der Waals surface area (Å²) in [4.78, 5) is 46.8. The number of carbonyl (C=O) groups excluding carboxylic acids is 4. The maximum absolute atomic E-state index is 12.2. The fraction of sp³-hybridized carbons (Fsp3) is 0.360. The lowest BCUT2D eigenvalue weighted by Crippen LogP contribution is -2.23. The van der Waals surface area contributed by atoms with Gasteiger partial charge >= 0.3 is 11.9 Å². The number of ketones is 1. The fourth-order valence-electron chi connectivity index (χ4n) is 3.05. The highest BCUT2D eigenvalue weighted by Crippen LogP contribution is 2.29. The van der Waals surface area contributed by atoms with Crippen LogP contribution in [-0.4, -0.2) is 23.6 Å². The van der Waals surface area contributed by atoms with Gasteiger partial charge in [0, 0.05) is 39.7 Å². The average molecular weight is 440 g/mol. The summed E-state index contributed by atoms with van der Waals surface area (Å²) in [6.45, 7) is 7.00. The van der Waals surface area contributed by atoms with Gasteiger partial charge in [-0.05, 0) is 54.7 Å². The number of nitrogens with one attached hydrogen (secondary N) is 1. The summed E-state index contributed by atoms with van der Waals surface area (Å²) in [6, 6.07) is 10.8. The van der Waals surface area contributed by atoms with Crippen LogP contribution in [-0.2, 0) is 32.1 Å². The number of amides is 1. The molecule has 1 amide bonds. The summed E-state index contributed by atoms with van der Waals surface area (Å²) >= 11 is 0. The van der Waals surface area contributed by atoms with E-state index in [1.807, 2.05) is 32.0 Å². The minimum atomic E-state index is -0.543. The largest absolute Gasteiger partial charge is 0.423 e. The van der Waals surface area contributed by atoms with Gasteiger partial charge in [0.25, 0.3) is 0 Å². The molecule has 7 nitrogen and oxygen atoms in total. The Morgan fingerprint density at radius 3 is 2.06 bits per heavy atom. The lowest BCUT2D eigenvalue weighted by Gasteiger charge is -2.10. The van der Waals surface area contributed by atoms with Crippen LogP contribution >= 0.6 is 0 Å². The first-order valence-electron chi connectivity index (χ1n) is 10.5. The molecule has 0 unspecified atom stereocenters. The van der Waals surface area contributed by atoms with Crippen molar-refractivity contribution in [3.05, 3.63) is 58.7 Å². The zero-order valence-electron chi connectivity index (χ0n) is 18.9. The zero-order valence-corrected chi connectivity index (χ0v) is 18.9. The highest BCUT2D eigenvalue weighted by molar-refractivity contribution is 5.85. The molecule has 2 rings (SSSR count). The van der Waals surface area contributed by atoms with E-state index in [0.717, 1.165) is 11.1 Å². The molecule has 0 aliphatic heterocycles. The molecule has 0 aromatic heterocycles. The zero-order chi connectivity index (χ0) is 23.7. The molecule has 0 aliphatic rings. The number of ether oxygens (including phenoxy) is 2. The quantitative estimate of drug-likeness (QED) is 0.447. The number of hydrogen-bond donors (Lipinski definition) is 1. The molecule has 7 heteroatoms. The Balaban J connectivity index is 1.81. The second-order valence-corrected chi connectivity index (χ2v) is 7.70. The van der Waals surface area contributed by atoms with E-state index in [4.69, 9.17) is 9.47 Å². The van der Waals surface area contributed by atoms with Crippen LogP contribution in [0.15, 0.2) is 36.4 Å². The number of esters is 2. The Labute approximate surface area is 188 Å². The van der Waals surface area contributed by atoms with Crippen molar-refractivity contribution in [2.24, 2.45) is 0 Å². The molecule has 0 radical (unpaired) electrons. The van der Waals surface area contributed by atoms with Gasteiger partial charge in [-0.2, -0.15) is 0 Å². The van der Waals surface area contributed by atoms with Gasteiger partial charge in [0.1, 0.15) is 5.78 Å². The maximum Gasteiger partial charge on any atom is 0.308 e. The second-order valence-electron chi connectivity index (χ2n) is 7.70. The van der Waals surface area contributed by atoms with Crippen molar-refractivity contribution < 1.29 is 28.7 Å². The van der Waals surface area contributed by atoms with Gasteiger partial charge < -0.3 is 14.8 Å². The highest BCUT2D eigenvalue weighted by atomic mass is 16.6. The Kier molecular flexibility index (Phi) is 9.13. The smallest absolute Gasteiger partial charge is 0.308 e. The van der Waals surface area contributed by atoms with E-state index in [0.29, 0.717) is 13.0 Å². The summed E-state index contributed by atoms with van der Waals surface area (Å²) in [7, 11) is 0. The number of Topliss-reactive ketones (excluding diaryl/α,β-unsaturated/α-hetero) is 1. The molecule has 1 N–H and O–H groups in total. The number of aryl methyl sites for hydroxylation is 3. The predicted octanol–water partition coefficient (Wildman–Crippen LogP) is 3.75. The maximum atomic E-state index is 12.2. The number of benzene rings is 2. The Morgan fingerprint density at radius 2 is 1.41 bits per heavy atom. The van der Waals surface area contributed by atoms with Gasteiger partial charge in [-0.25, -0.2) is 0 Å². The summed E-state index contributed by atoms with van der Waals surface area (Å²) in [6.07, 6.45) is 0.948. The first-order valence-corrected chi connectivity index (χ1v) is 10.5. The normalized spacial score (nSPS) is 10.4. The Hall–Kier alpha value is -3.48. The van der Waals surface area contributed by atoms with Gasteiger partial charge in [0.2, 0.25) is 5.91 Å². The standard InChI is InChI=1S/C25H29NO6/c1-16-5-6-21(13-17(16)2)15-26-25(30)12-10-22(29)9-7-20-8-11-23(31-18(3)27)24(14-20)32-19(4)28/h5-6,8,11,13-14H,7,9-10,12,15H2,1-4H3,(H,26,30). The molecular weight excluding hydrogens is 410 g/mol. The van der Waals surface area contributed by atoms with Crippen LogP contribution in [0.4, 0.5) is 0 Å². The SMILES string of the molecule is CC(=O)Oc1ccc(CCC(=O)CCC(=O)NCc2ccc(C)c(C)c2)cc1OC(C)=O. The molecule has 0 saturated heterocycles. The van der Waals surface area contributed by atoms with Crippen molar-refractivity contribution in [2.45, 2.75) is 59.9 Å². The fourth-order valence-corrected chi connectivity index (χ4v) is 3.05. The number of hydrogen-bond acceptors (Lipinski definition) is 6. The van der Waals surface area contributed by atoms with Crippen LogP contribution in [0.2, 0.25) is 0 Å². The summed E-state index contributed by atoms with van der Waals surface area (Å²) < 4.78 is 10.1. The molecule has 2 aromatic rings. The van der Waals surface area contributed by atoms with Crippen LogP contribution in [0.5, 0.6) is 11.5 Å². The molecule has 0 aliphatic carbocycles. The molecule has 2 aromatic carbocycles. The van der Waals surface area contributed by atoms with Gasteiger partial charge in [-0.3, -0.25) is 19.2 Å². The van der Waals surface area contributed by atoms with Gasteiger partial charge in [-0.1, -0.05) is 24.3 Å². The lowest BCUT2D eigenvalue weighted by molar-refractivity contribution is -0.134. The van der Waals surface area contributed by atoms with Gasteiger partial charge in [0.15, 0.2) is 11.5 Å². The third-order valence-corrected chi connectivity index (χ3v) is 4.90. The first kappa shape index (κ1) is 24.8. The number of rotatable bonds is 10. The topological polar surface area (TPSA) is 98.8 Å². The van der Waals surface area contributed by atoms with Crippen LogP contribution < -0.4 is 14.8 Å². The van der Waals surface area contributed by atoms with E-state index in [1.54, 1.807) is 12.1 Å². The number of carbonyl (C=O) groups is 4. The van der Waals surface area contributed by atoms with Crippen LogP contribution in [0.1, 0.15) is 55.4 Å². The van der Waals surface area contributed by atoms with Crippen molar-refractivity contribution in [1.82, 2.24) is 5.32 Å². The molecular formula is C25H29NO6. The third kappa shape index (κ3) is 8.34. The van der Waals surface area contributed by atoms with Crippen molar-refractivity contribution in [3.8, 4) is 11.5 Å². The van der Waals surface area contributed by atoms with E-state index >= 15 is 0 Å². The van der Waals surface area contributed by atoms with E-state index in [2.05, 4.69) is 5.32 Å². The average Bonchev–Trinajstić information content (AvgIpc) is 2.72. The van der Waals surface area contributed by atoms with Crippen molar-refractivity contribution >= 4 is 23.6 Å². The van der Waals surface area contributed by atoms with E-state index in [9.17, 15) is 19.2 Å². The highest BCUT2D eigenvalue weighted by Gasteiger charge is 2.13. The Morgan fingerprint density at radius 1 is 0.750 bits per heavy atom. The molecule has 32 heavy (non-hydrogen) atoms. The van der Waals surface area contributed by atoms with E-state index in [-0.39, 0.29) is 42.5 Å². The monoisotopic (exact) mass is 439 g/mol. The van der Waals surface area contributed by atoms with Crippen molar-refractivity contribution in [1.29, 1.82) is 0 Å². The molecule has 0 atom stereocenters. The third-order valence-electron chi connectivity index (χ3n) is 4.90. The van der Waals surface area contributed by atoms with E-state index in [1.165, 1.54) is 31.0 Å². The van der Waals surface area contributed by atoms with E-state index < -0.39 is 11.9 Å². The summed E-state index contributed by atoms with van der Waals surface area (Å²) in [5, 5.41) is 2.84. The Bertz CT molecular complexity index is 1010. The van der Waals surface area contributed by atoms with Crippen LogP contribution in [0.25, 0.3) is 0 Å². The summed E-state index contributed by atoms with van der Waals surface area (Å²) in [5.41, 5.74) is 4.15. The lowest BCUT2D eigenvalue weighted by atomic mass is 10.0.